The second kappa shape index (κ2) is 15.8. The molecule has 4 aliphatic rings. The molecule has 1 saturated carbocycles. The lowest BCUT2D eigenvalue weighted by molar-refractivity contribution is -0.134. The Bertz CT molecular complexity index is 2350. The van der Waals surface area contributed by atoms with Crippen LogP contribution in [-0.2, 0) is 15.2 Å². The van der Waals surface area contributed by atoms with Gasteiger partial charge in [0.05, 0.1) is 29.3 Å². The van der Waals surface area contributed by atoms with Crippen molar-refractivity contribution in [1.82, 2.24) is 40.1 Å². The zero-order valence-corrected chi connectivity index (χ0v) is 33.9. The zero-order valence-electron chi connectivity index (χ0n) is 33.1. The summed E-state index contributed by atoms with van der Waals surface area (Å²) >= 11 is 1.36. The zero-order chi connectivity index (χ0) is 41.0. The summed E-state index contributed by atoms with van der Waals surface area (Å²) in [4.78, 5) is 48.6. The van der Waals surface area contributed by atoms with E-state index >= 15 is 8.78 Å². The number of amides is 3. The first-order valence-electron chi connectivity index (χ1n) is 20.4. The summed E-state index contributed by atoms with van der Waals surface area (Å²) in [6, 6.07) is 6.98. The van der Waals surface area contributed by atoms with Gasteiger partial charge in [0.25, 0.3) is 5.91 Å². The number of halogens is 2. The van der Waals surface area contributed by atoms with Crippen molar-refractivity contribution >= 4 is 51.3 Å². The predicted octanol–water partition coefficient (Wildman–Crippen LogP) is 5.40. The molecule has 4 N–H and O–H groups in total. The molecule has 3 amide bonds. The van der Waals surface area contributed by atoms with Crippen molar-refractivity contribution in [3.63, 3.8) is 0 Å². The molecule has 3 aromatic heterocycles. The lowest BCUT2D eigenvalue weighted by Crippen LogP contribution is -2.63. The van der Waals surface area contributed by atoms with Crippen molar-refractivity contribution in [2.75, 3.05) is 56.0 Å². The minimum absolute atomic E-state index is 0.0633. The van der Waals surface area contributed by atoms with E-state index in [1.165, 1.54) is 23.5 Å². The molecule has 310 valence electrons. The van der Waals surface area contributed by atoms with Gasteiger partial charge in [-0.1, -0.05) is 0 Å². The average Bonchev–Trinajstić information content (AvgIpc) is 3.97. The van der Waals surface area contributed by atoms with Crippen molar-refractivity contribution in [2.24, 2.45) is 5.92 Å². The van der Waals surface area contributed by atoms with E-state index in [1.807, 2.05) is 23.2 Å². The number of benzene rings is 2. The third-order valence-electron chi connectivity index (χ3n) is 12.6. The van der Waals surface area contributed by atoms with E-state index in [0.717, 1.165) is 74.9 Å². The molecule has 3 aliphatic heterocycles. The van der Waals surface area contributed by atoms with Crippen LogP contribution in [0.2, 0.25) is 0 Å². The van der Waals surface area contributed by atoms with Crippen molar-refractivity contribution in [3.05, 3.63) is 76.7 Å². The van der Waals surface area contributed by atoms with Gasteiger partial charge < -0.3 is 20.2 Å². The summed E-state index contributed by atoms with van der Waals surface area (Å²) in [5.41, 5.74) is 1.97. The fourth-order valence-electron chi connectivity index (χ4n) is 9.17. The number of carbonyl (C=O) groups is 3. The number of rotatable bonds is 10. The highest BCUT2D eigenvalue weighted by molar-refractivity contribution is 7.13. The molecule has 0 unspecified atom stereocenters. The third-order valence-corrected chi connectivity index (χ3v) is 13.5. The van der Waals surface area contributed by atoms with Gasteiger partial charge in [-0.3, -0.25) is 34.4 Å². The molecular formula is C42H48F2N10O4S. The quantitative estimate of drug-likeness (QED) is 0.134. The molecule has 5 aromatic rings. The summed E-state index contributed by atoms with van der Waals surface area (Å²) in [5, 5.41) is 31.2. The van der Waals surface area contributed by atoms with Crippen LogP contribution < -0.4 is 15.5 Å². The first kappa shape index (κ1) is 39.4. The summed E-state index contributed by atoms with van der Waals surface area (Å²) in [5.74, 6) is -3.30. The fourth-order valence-corrected chi connectivity index (χ4v) is 9.95. The highest BCUT2D eigenvalue weighted by Crippen LogP contribution is 2.38. The van der Waals surface area contributed by atoms with Gasteiger partial charge in [0, 0.05) is 110 Å². The molecule has 4 fully saturated rings. The molecule has 17 heteroatoms. The number of nitrogens with one attached hydrogen (secondary N) is 3. The predicted molar refractivity (Wildman–Crippen MR) is 219 cm³/mol. The lowest BCUT2D eigenvalue weighted by atomic mass is 9.85. The molecule has 1 aliphatic carbocycles. The molecule has 3 saturated heterocycles. The number of piperidine rings is 1. The normalized spacial score (nSPS) is 22.5. The maximum Gasteiger partial charge on any atom is 0.275 e. The number of piperazine rings is 1. The highest BCUT2D eigenvalue weighted by atomic mass is 32.1. The number of hydrogen-bond donors (Lipinski definition) is 4. The van der Waals surface area contributed by atoms with Crippen LogP contribution in [0.25, 0.3) is 21.5 Å². The maximum absolute atomic E-state index is 15.1. The number of fused-ring (bicyclic) bond motifs is 1. The number of hydrogen-bond acceptors (Lipinski definition) is 11. The van der Waals surface area contributed by atoms with Crippen LogP contribution in [0.4, 0.5) is 20.2 Å². The van der Waals surface area contributed by atoms with Crippen molar-refractivity contribution in [1.29, 1.82) is 0 Å². The smallest absolute Gasteiger partial charge is 0.275 e. The van der Waals surface area contributed by atoms with Crippen LogP contribution >= 0.6 is 11.3 Å². The van der Waals surface area contributed by atoms with E-state index in [0.29, 0.717) is 52.7 Å². The Morgan fingerprint density at radius 3 is 2.42 bits per heavy atom. The number of anilines is 2. The second-order valence-corrected chi connectivity index (χ2v) is 17.9. The van der Waals surface area contributed by atoms with Gasteiger partial charge in [-0.05, 0) is 76.1 Å². The van der Waals surface area contributed by atoms with Gasteiger partial charge >= 0.3 is 0 Å². The van der Waals surface area contributed by atoms with Crippen molar-refractivity contribution in [2.45, 2.75) is 76.0 Å². The van der Waals surface area contributed by atoms with E-state index in [4.69, 9.17) is 5.10 Å². The summed E-state index contributed by atoms with van der Waals surface area (Å²) in [6.07, 6.45) is 9.87. The van der Waals surface area contributed by atoms with E-state index in [-0.39, 0.29) is 30.4 Å². The number of nitrogens with zero attached hydrogens (tertiary/aromatic N) is 7. The van der Waals surface area contributed by atoms with E-state index in [2.05, 4.69) is 40.3 Å². The molecule has 0 bridgehead atoms. The lowest BCUT2D eigenvalue weighted by Gasteiger charge is -2.49. The van der Waals surface area contributed by atoms with Crippen LogP contribution in [0.3, 0.4) is 0 Å². The number of H-pyrrole nitrogens is 1. The number of carbonyl (C=O) groups excluding carboxylic acids is 3. The molecule has 14 nitrogen and oxygen atoms in total. The first-order chi connectivity index (χ1) is 28.4. The Kier molecular flexibility index (Phi) is 10.6. The van der Waals surface area contributed by atoms with E-state index in [1.54, 1.807) is 31.6 Å². The van der Waals surface area contributed by atoms with Crippen LogP contribution in [0.5, 0.6) is 0 Å². The highest BCUT2D eigenvalue weighted by Gasteiger charge is 2.37. The minimum atomic E-state index is -1.22. The van der Waals surface area contributed by atoms with Crippen molar-refractivity contribution in [3.8, 4) is 10.6 Å². The Morgan fingerprint density at radius 1 is 1.00 bits per heavy atom. The fraction of sp³-hybridized carbons (Fsp3) is 0.476. The number of imide groups is 1. The van der Waals surface area contributed by atoms with Crippen LogP contribution in [0.15, 0.2) is 48.2 Å². The topological polar surface area (TPSA) is 165 Å². The molecular weight excluding hydrogens is 779 g/mol. The maximum atomic E-state index is 15.1. The molecule has 9 rings (SSSR count). The Hall–Kier alpha value is -5.10. The summed E-state index contributed by atoms with van der Waals surface area (Å²) < 4.78 is 32.3. The SMILES string of the molecule is CC(C)(O)c1cc2nn(C3CCC(CN4CCN(C5CN(c6cc(F)c([C@H]7CCC(=O)NC7=O)c(F)c6)C5)CC4)CC3)cc2cc1NC(=O)c1csc(-c2cn[nH]c2)n1. The Morgan fingerprint density at radius 2 is 1.75 bits per heavy atom. The molecule has 0 radical (unpaired) electrons. The van der Waals surface area contributed by atoms with Crippen LogP contribution in [-0.4, -0.2) is 109 Å². The van der Waals surface area contributed by atoms with Gasteiger partial charge in [0.15, 0.2) is 0 Å². The Labute approximate surface area is 344 Å². The molecule has 2 aromatic carbocycles. The standard InChI is InChI=1S/C42H48F2N10O4S/c1-42(2,58)31-16-34-25(13-35(31)47-40(57)36-23-59-41(48-36)26-17-45-46-18-26)20-54(50-34)27-5-3-24(4-6-27)19-51-9-11-52(12-10-51)29-21-53(22-29)28-14-32(43)38(33(44)15-28)30-7-8-37(55)49-39(30)56/h13-18,20,23-24,27,29-30,58H,3-12,19,21-22H2,1-2H3,(H,45,46)(H,47,57)(H,49,55,56)/t24?,27?,30-/m1/s1. The van der Waals surface area contributed by atoms with Crippen LogP contribution in [0.1, 0.15) is 85.9 Å². The van der Waals surface area contributed by atoms with Gasteiger partial charge in [0.1, 0.15) is 22.3 Å². The Balaban J connectivity index is 0.754. The average molecular weight is 827 g/mol. The summed E-state index contributed by atoms with van der Waals surface area (Å²) in [7, 11) is 0. The summed E-state index contributed by atoms with van der Waals surface area (Å²) in [6.45, 7) is 9.74. The van der Waals surface area contributed by atoms with Gasteiger partial charge in [-0.2, -0.15) is 10.2 Å². The number of aromatic amines is 1. The number of aliphatic hydroxyl groups is 1. The monoisotopic (exact) mass is 826 g/mol. The van der Waals surface area contributed by atoms with E-state index < -0.39 is 35.0 Å². The third kappa shape index (κ3) is 8.12. The van der Waals surface area contributed by atoms with Gasteiger partial charge in [-0.15, -0.1) is 11.3 Å². The molecule has 59 heavy (non-hydrogen) atoms. The van der Waals surface area contributed by atoms with E-state index in [9.17, 15) is 19.5 Å². The van der Waals surface area contributed by atoms with Gasteiger partial charge in [0.2, 0.25) is 11.8 Å². The molecule has 6 heterocycles. The molecule has 1 atom stereocenters. The molecule has 0 spiro atoms. The van der Waals surface area contributed by atoms with Crippen LogP contribution in [0, 0.1) is 17.6 Å². The number of thiazole rings is 1. The first-order valence-corrected chi connectivity index (χ1v) is 21.3. The minimum Gasteiger partial charge on any atom is -0.386 e. The van der Waals surface area contributed by atoms with Crippen molar-refractivity contribution < 1.29 is 28.3 Å². The second-order valence-electron chi connectivity index (χ2n) is 17.0. The van der Waals surface area contributed by atoms with Gasteiger partial charge in [-0.25, -0.2) is 13.8 Å². The number of aromatic nitrogens is 5. The largest absolute Gasteiger partial charge is 0.386 e.